The standard InChI is InChI=1S/C20H19ClN2O3S3/c1-27-12-11-23-17-9-8-15(29(2,25)26)13-18(17)28-20(23)22-19(24)10-7-14-5-3-4-6-16(14)21/h3-10,13H,11-12H2,1-2H3/b10-7+,22-20?. The molecule has 1 heterocycles. The molecule has 0 radical (unpaired) electrons. The Morgan fingerprint density at radius 2 is 2.03 bits per heavy atom. The predicted molar refractivity (Wildman–Crippen MR) is 122 cm³/mol. The highest BCUT2D eigenvalue weighted by atomic mass is 35.5. The van der Waals surface area contributed by atoms with E-state index in [0.29, 0.717) is 16.4 Å². The van der Waals surface area contributed by atoms with Crippen LogP contribution in [0.2, 0.25) is 5.02 Å². The molecule has 0 fully saturated rings. The number of halogens is 1. The van der Waals surface area contributed by atoms with Crippen LogP contribution in [0, 0.1) is 0 Å². The van der Waals surface area contributed by atoms with Gasteiger partial charge in [-0.3, -0.25) is 4.79 Å². The van der Waals surface area contributed by atoms with Gasteiger partial charge in [-0.2, -0.15) is 16.8 Å². The molecule has 1 amide bonds. The number of nitrogens with zero attached hydrogens (tertiary/aromatic N) is 2. The SMILES string of the molecule is CSCCn1c(=NC(=O)/C=C/c2ccccc2Cl)sc2cc(S(C)(=O)=O)ccc21. The molecule has 1 aromatic heterocycles. The Labute approximate surface area is 182 Å². The summed E-state index contributed by atoms with van der Waals surface area (Å²) in [5.41, 5.74) is 1.60. The van der Waals surface area contributed by atoms with Gasteiger partial charge in [-0.15, -0.1) is 0 Å². The third-order valence-electron chi connectivity index (χ3n) is 4.12. The van der Waals surface area contributed by atoms with E-state index >= 15 is 0 Å². The van der Waals surface area contributed by atoms with Crippen LogP contribution in [0.4, 0.5) is 0 Å². The zero-order chi connectivity index (χ0) is 21.0. The van der Waals surface area contributed by atoms with E-state index in [9.17, 15) is 13.2 Å². The predicted octanol–water partition coefficient (Wildman–Crippen LogP) is 4.26. The van der Waals surface area contributed by atoms with Crippen LogP contribution in [0.25, 0.3) is 16.3 Å². The topological polar surface area (TPSA) is 68.5 Å². The van der Waals surface area contributed by atoms with Crippen LogP contribution >= 0.6 is 34.7 Å². The Morgan fingerprint density at radius 3 is 2.72 bits per heavy atom. The summed E-state index contributed by atoms with van der Waals surface area (Å²) < 4.78 is 26.4. The van der Waals surface area contributed by atoms with Crippen molar-refractivity contribution in [3.05, 3.63) is 63.9 Å². The molecule has 2 aromatic carbocycles. The Morgan fingerprint density at radius 1 is 1.28 bits per heavy atom. The molecule has 0 saturated heterocycles. The molecule has 0 spiro atoms. The maximum Gasteiger partial charge on any atom is 0.272 e. The highest BCUT2D eigenvalue weighted by Gasteiger charge is 2.12. The molecule has 29 heavy (non-hydrogen) atoms. The number of amides is 1. The number of aryl methyl sites for hydroxylation is 1. The van der Waals surface area contributed by atoms with E-state index in [1.807, 2.05) is 29.0 Å². The number of thioether (sulfide) groups is 1. The van der Waals surface area contributed by atoms with Crippen molar-refractivity contribution in [1.82, 2.24) is 4.57 Å². The summed E-state index contributed by atoms with van der Waals surface area (Å²) in [6.45, 7) is 0.666. The lowest BCUT2D eigenvalue weighted by atomic mass is 10.2. The van der Waals surface area contributed by atoms with E-state index in [-0.39, 0.29) is 4.90 Å². The van der Waals surface area contributed by atoms with Gasteiger partial charge in [0, 0.05) is 29.7 Å². The number of carbonyl (C=O) groups excluding carboxylic acids is 1. The van der Waals surface area contributed by atoms with E-state index < -0.39 is 15.7 Å². The first-order chi connectivity index (χ1) is 13.8. The second-order valence-electron chi connectivity index (χ2n) is 6.24. The van der Waals surface area contributed by atoms with Gasteiger partial charge in [0.1, 0.15) is 0 Å². The fourth-order valence-corrected chi connectivity index (χ4v) is 5.06. The first kappa shape index (κ1) is 21.8. The highest BCUT2D eigenvalue weighted by molar-refractivity contribution is 7.98. The van der Waals surface area contributed by atoms with Gasteiger partial charge in [0.15, 0.2) is 14.6 Å². The summed E-state index contributed by atoms with van der Waals surface area (Å²) in [7, 11) is -3.31. The molecule has 0 atom stereocenters. The molecule has 0 bridgehead atoms. The van der Waals surface area contributed by atoms with Crippen molar-refractivity contribution in [2.45, 2.75) is 11.4 Å². The Hall–Kier alpha value is -1.87. The van der Waals surface area contributed by atoms with Crippen LogP contribution in [0.3, 0.4) is 0 Å². The second-order valence-corrected chi connectivity index (χ2v) is 10.7. The van der Waals surface area contributed by atoms with Gasteiger partial charge < -0.3 is 4.57 Å². The van der Waals surface area contributed by atoms with Crippen LogP contribution in [0.5, 0.6) is 0 Å². The molecule has 3 aromatic rings. The molecule has 0 aliphatic heterocycles. The van der Waals surface area contributed by atoms with Crippen LogP contribution < -0.4 is 4.80 Å². The summed E-state index contributed by atoms with van der Waals surface area (Å²) in [5, 5.41) is 0.557. The smallest absolute Gasteiger partial charge is 0.272 e. The maximum atomic E-state index is 12.4. The van der Waals surface area contributed by atoms with Gasteiger partial charge in [0.05, 0.1) is 15.1 Å². The molecule has 0 saturated carbocycles. The lowest BCUT2D eigenvalue weighted by Gasteiger charge is -2.04. The van der Waals surface area contributed by atoms with Crippen molar-refractivity contribution < 1.29 is 13.2 Å². The van der Waals surface area contributed by atoms with Gasteiger partial charge in [-0.25, -0.2) is 8.42 Å². The third-order valence-corrected chi connectivity index (χ3v) is 7.20. The summed E-state index contributed by atoms with van der Waals surface area (Å²) in [6.07, 6.45) is 6.20. The number of aromatic nitrogens is 1. The number of fused-ring (bicyclic) bond motifs is 1. The lowest BCUT2D eigenvalue weighted by Crippen LogP contribution is -2.17. The zero-order valence-electron chi connectivity index (χ0n) is 15.8. The van der Waals surface area contributed by atoms with Gasteiger partial charge in [0.2, 0.25) is 0 Å². The van der Waals surface area contributed by atoms with E-state index in [0.717, 1.165) is 21.5 Å². The Kier molecular flexibility index (Phi) is 7.00. The van der Waals surface area contributed by atoms with Crippen molar-refractivity contribution in [2.75, 3.05) is 18.3 Å². The molecule has 5 nitrogen and oxygen atoms in total. The first-order valence-electron chi connectivity index (χ1n) is 8.63. The van der Waals surface area contributed by atoms with Crippen molar-refractivity contribution >= 4 is 66.7 Å². The number of rotatable bonds is 6. The van der Waals surface area contributed by atoms with Crippen molar-refractivity contribution in [1.29, 1.82) is 0 Å². The lowest BCUT2D eigenvalue weighted by molar-refractivity contribution is -0.113. The molecule has 0 N–H and O–H groups in total. The van der Waals surface area contributed by atoms with Crippen molar-refractivity contribution in [3.8, 4) is 0 Å². The molecule has 3 rings (SSSR count). The number of thiazole rings is 1. The Bertz CT molecular complexity index is 1260. The third kappa shape index (κ3) is 5.39. The zero-order valence-corrected chi connectivity index (χ0v) is 19.0. The summed E-state index contributed by atoms with van der Waals surface area (Å²) in [6, 6.07) is 12.2. The van der Waals surface area contributed by atoms with Crippen molar-refractivity contribution in [2.24, 2.45) is 4.99 Å². The van der Waals surface area contributed by atoms with Crippen LogP contribution in [-0.2, 0) is 21.2 Å². The van der Waals surface area contributed by atoms with Crippen LogP contribution in [0.15, 0.2) is 58.4 Å². The average Bonchev–Trinajstić information content (AvgIpc) is 3.01. The number of benzene rings is 2. The van der Waals surface area contributed by atoms with E-state index in [1.165, 1.54) is 23.7 Å². The molecule has 0 unspecified atom stereocenters. The molecule has 9 heteroatoms. The van der Waals surface area contributed by atoms with Crippen LogP contribution in [-0.4, -0.2) is 37.2 Å². The fourth-order valence-electron chi connectivity index (χ4n) is 2.67. The van der Waals surface area contributed by atoms with Crippen molar-refractivity contribution in [3.63, 3.8) is 0 Å². The van der Waals surface area contributed by atoms with Gasteiger partial charge >= 0.3 is 0 Å². The minimum absolute atomic E-state index is 0.250. The number of hydrogen-bond acceptors (Lipinski definition) is 5. The number of sulfone groups is 1. The summed E-state index contributed by atoms with van der Waals surface area (Å²) in [4.78, 5) is 17.4. The Balaban J connectivity index is 2.04. The monoisotopic (exact) mass is 466 g/mol. The summed E-state index contributed by atoms with van der Waals surface area (Å²) >= 11 is 9.09. The van der Waals surface area contributed by atoms with E-state index in [1.54, 1.807) is 42.1 Å². The largest absolute Gasteiger partial charge is 0.316 e. The normalized spacial score (nSPS) is 12.9. The first-order valence-corrected chi connectivity index (χ1v) is 13.1. The molecular weight excluding hydrogens is 448 g/mol. The second kappa shape index (κ2) is 9.30. The minimum atomic E-state index is -3.31. The van der Waals surface area contributed by atoms with E-state index in [2.05, 4.69) is 4.99 Å². The average molecular weight is 467 g/mol. The van der Waals surface area contributed by atoms with Gasteiger partial charge in [-0.1, -0.05) is 41.1 Å². The maximum absolute atomic E-state index is 12.4. The molecule has 152 valence electrons. The number of hydrogen-bond donors (Lipinski definition) is 0. The quantitative estimate of drug-likeness (QED) is 0.509. The van der Waals surface area contributed by atoms with Gasteiger partial charge in [-0.05, 0) is 42.2 Å². The summed E-state index contributed by atoms with van der Waals surface area (Å²) in [5.74, 6) is 0.439. The van der Waals surface area contributed by atoms with Crippen LogP contribution in [0.1, 0.15) is 5.56 Å². The minimum Gasteiger partial charge on any atom is -0.316 e. The number of carbonyl (C=O) groups is 1. The van der Waals surface area contributed by atoms with E-state index in [4.69, 9.17) is 11.6 Å². The fraction of sp³-hybridized carbons (Fsp3) is 0.200. The molecule has 0 aliphatic rings. The molecular formula is C20H19ClN2O3S3. The molecule has 0 aliphatic carbocycles. The highest BCUT2D eigenvalue weighted by Crippen LogP contribution is 2.22. The van der Waals surface area contributed by atoms with Gasteiger partial charge in [0.25, 0.3) is 5.91 Å².